The Morgan fingerprint density at radius 2 is 1.73 bits per heavy atom. The van der Waals surface area contributed by atoms with Gasteiger partial charge in [0.1, 0.15) is 6.20 Å². The molecule has 0 aliphatic heterocycles. The molecule has 2 nitrogen and oxygen atoms in total. The third kappa shape index (κ3) is 2.74. The lowest BCUT2D eigenvalue weighted by atomic mass is 10.2. The Morgan fingerprint density at radius 1 is 1.00 bits per heavy atom. The quantitative estimate of drug-likeness (QED) is 0.673. The molecule has 2 rings (SSSR count). The van der Waals surface area contributed by atoms with Gasteiger partial charge in [-0.15, -0.1) is 0 Å². The Balaban J connectivity index is 2.15. The molecule has 2 heteroatoms. The van der Waals surface area contributed by atoms with E-state index in [4.69, 9.17) is 0 Å². The maximum atomic E-state index is 4.16. The summed E-state index contributed by atoms with van der Waals surface area (Å²) in [6, 6.07) is 12.3. The van der Waals surface area contributed by atoms with Crippen LogP contribution >= 0.6 is 0 Å². The summed E-state index contributed by atoms with van der Waals surface area (Å²) in [6.45, 7) is 0. The Labute approximate surface area is 89.5 Å². The number of aromatic nitrogens is 2. The van der Waals surface area contributed by atoms with Crippen LogP contribution in [-0.4, -0.2) is 5.10 Å². The molecule has 0 spiro atoms. The van der Waals surface area contributed by atoms with E-state index in [1.165, 1.54) is 5.56 Å². The number of rotatable bonds is 2. The zero-order chi connectivity index (χ0) is 10.5. The van der Waals surface area contributed by atoms with Gasteiger partial charge in [-0.05, 0) is 10.7 Å². The highest BCUT2D eigenvalue weighted by molar-refractivity contribution is 5.68. The summed E-state index contributed by atoms with van der Waals surface area (Å²) < 4.78 is 1.78. The van der Waals surface area contributed by atoms with Gasteiger partial charge >= 0.3 is 0 Å². The molecule has 0 unspecified atom stereocenters. The smallest absolute Gasteiger partial charge is 0.0940 e. The first-order valence-electron chi connectivity index (χ1n) is 4.90. The second kappa shape index (κ2) is 4.51. The molecule has 0 amide bonds. The minimum Gasteiger partial charge on any atom is -0.0940 e. The predicted molar refractivity (Wildman–Crippen MR) is 60.8 cm³/mol. The van der Waals surface area contributed by atoms with Gasteiger partial charge in [0.05, 0.1) is 0 Å². The van der Waals surface area contributed by atoms with Crippen LogP contribution < -0.4 is 4.68 Å². The molecular weight excluding hydrogens is 184 g/mol. The average Bonchev–Trinajstić information content (AvgIpc) is 2.30. The van der Waals surface area contributed by atoms with Crippen molar-refractivity contribution in [3.8, 4) is 0 Å². The van der Waals surface area contributed by atoms with Crippen LogP contribution in [0, 0.1) is 0 Å². The molecule has 0 saturated carbocycles. The topological polar surface area (TPSA) is 16.8 Å². The van der Waals surface area contributed by atoms with E-state index >= 15 is 0 Å². The molecule has 1 aromatic heterocycles. The van der Waals surface area contributed by atoms with E-state index in [0.29, 0.717) is 0 Å². The molecule has 1 aromatic carbocycles. The third-order valence-electron chi connectivity index (χ3n) is 2.14. The Bertz CT molecular complexity index is 444. The lowest BCUT2D eigenvalue weighted by molar-refractivity contribution is -0.730. The second-order valence-electron chi connectivity index (χ2n) is 3.38. The summed E-state index contributed by atoms with van der Waals surface area (Å²) in [5.74, 6) is 0. The highest BCUT2D eigenvalue weighted by Gasteiger charge is 1.92. The molecule has 0 fully saturated rings. The Morgan fingerprint density at radius 3 is 2.40 bits per heavy atom. The number of aryl methyl sites for hydroxylation is 1. The van der Waals surface area contributed by atoms with Crippen molar-refractivity contribution in [2.45, 2.75) is 0 Å². The summed E-state index contributed by atoms with van der Waals surface area (Å²) in [5.41, 5.74) is 2.31. The summed E-state index contributed by atoms with van der Waals surface area (Å²) in [4.78, 5) is 0. The fraction of sp³-hybridized carbons (Fsp3) is 0.0769. The SMILES string of the molecule is C[n+]1ccc(/C=C\c2ccccc2)cn1. The van der Waals surface area contributed by atoms with E-state index in [0.717, 1.165) is 5.56 Å². The van der Waals surface area contributed by atoms with Crippen LogP contribution in [0.25, 0.3) is 12.2 Å². The molecule has 74 valence electrons. The van der Waals surface area contributed by atoms with Gasteiger partial charge in [-0.3, -0.25) is 0 Å². The van der Waals surface area contributed by atoms with Crippen molar-refractivity contribution < 1.29 is 4.68 Å². The minimum absolute atomic E-state index is 1.11. The third-order valence-corrected chi connectivity index (χ3v) is 2.14. The molecule has 0 radical (unpaired) electrons. The zero-order valence-electron chi connectivity index (χ0n) is 8.67. The van der Waals surface area contributed by atoms with Gasteiger partial charge in [0.2, 0.25) is 0 Å². The largest absolute Gasteiger partial charge is 0.196 e. The number of hydrogen-bond donors (Lipinski definition) is 0. The molecule has 0 aliphatic carbocycles. The lowest BCUT2D eigenvalue weighted by Gasteiger charge is -1.91. The van der Waals surface area contributed by atoms with Crippen molar-refractivity contribution in [1.82, 2.24) is 5.10 Å². The van der Waals surface area contributed by atoms with Gasteiger partial charge in [-0.1, -0.05) is 47.2 Å². The summed E-state index contributed by atoms with van der Waals surface area (Å²) >= 11 is 0. The van der Waals surface area contributed by atoms with Crippen LogP contribution in [0.5, 0.6) is 0 Å². The zero-order valence-corrected chi connectivity index (χ0v) is 8.67. The molecule has 15 heavy (non-hydrogen) atoms. The lowest BCUT2D eigenvalue weighted by Crippen LogP contribution is -2.31. The maximum Gasteiger partial charge on any atom is 0.196 e. The van der Waals surface area contributed by atoms with Crippen LogP contribution in [0.15, 0.2) is 48.8 Å². The van der Waals surface area contributed by atoms with Crippen molar-refractivity contribution in [3.05, 3.63) is 59.9 Å². The molecule has 2 aromatic rings. The monoisotopic (exact) mass is 197 g/mol. The number of hydrogen-bond acceptors (Lipinski definition) is 1. The summed E-state index contributed by atoms with van der Waals surface area (Å²) in [7, 11) is 1.91. The van der Waals surface area contributed by atoms with Gasteiger partial charge in [-0.25, -0.2) is 0 Å². The Kier molecular flexibility index (Phi) is 2.88. The van der Waals surface area contributed by atoms with Crippen LogP contribution in [0.4, 0.5) is 0 Å². The number of benzene rings is 1. The van der Waals surface area contributed by atoms with E-state index in [-0.39, 0.29) is 0 Å². The van der Waals surface area contributed by atoms with Gasteiger partial charge in [-0.2, -0.15) is 0 Å². The van der Waals surface area contributed by atoms with E-state index in [1.807, 2.05) is 43.7 Å². The molecule has 0 saturated heterocycles. The molecule has 0 atom stereocenters. The van der Waals surface area contributed by atoms with E-state index in [2.05, 4.69) is 29.4 Å². The van der Waals surface area contributed by atoms with Gasteiger partial charge < -0.3 is 0 Å². The van der Waals surface area contributed by atoms with Crippen molar-refractivity contribution in [3.63, 3.8) is 0 Å². The standard InChI is InChI=1S/C13H13N2/c1-15-10-9-13(11-14-15)8-7-12-5-3-2-4-6-12/h2-11H,1H3/q+1/b8-7-. The first kappa shape index (κ1) is 9.59. The molecule has 0 bridgehead atoms. The molecule has 0 aliphatic rings. The normalized spacial score (nSPS) is 10.7. The van der Waals surface area contributed by atoms with Gasteiger partial charge in [0.25, 0.3) is 0 Å². The van der Waals surface area contributed by atoms with Crippen molar-refractivity contribution in [2.24, 2.45) is 7.05 Å². The predicted octanol–water partition coefficient (Wildman–Crippen LogP) is 2.08. The Hall–Kier alpha value is -1.96. The van der Waals surface area contributed by atoms with E-state index in [1.54, 1.807) is 4.68 Å². The van der Waals surface area contributed by atoms with E-state index in [9.17, 15) is 0 Å². The van der Waals surface area contributed by atoms with Crippen LogP contribution in [0.2, 0.25) is 0 Å². The molecule has 1 heterocycles. The maximum absolute atomic E-state index is 4.16. The molecular formula is C13H13N2+. The summed E-state index contributed by atoms with van der Waals surface area (Å²) in [6.07, 6.45) is 7.92. The fourth-order valence-electron chi connectivity index (χ4n) is 1.29. The van der Waals surface area contributed by atoms with Crippen molar-refractivity contribution >= 4 is 12.2 Å². The van der Waals surface area contributed by atoms with Gasteiger partial charge in [0, 0.05) is 11.6 Å². The first-order chi connectivity index (χ1) is 7.34. The molecule has 0 N–H and O–H groups in total. The summed E-state index contributed by atoms with van der Waals surface area (Å²) in [5, 5.41) is 4.16. The average molecular weight is 197 g/mol. The van der Waals surface area contributed by atoms with Crippen molar-refractivity contribution in [2.75, 3.05) is 0 Å². The van der Waals surface area contributed by atoms with Crippen LogP contribution in [0.1, 0.15) is 11.1 Å². The van der Waals surface area contributed by atoms with E-state index < -0.39 is 0 Å². The highest BCUT2D eigenvalue weighted by Crippen LogP contribution is 2.05. The number of nitrogens with zero attached hydrogens (tertiary/aromatic N) is 2. The second-order valence-corrected chi connectivity index (χ2v) is 3.38. The first-order valence-corrected chi connectivity index (χ1v) is 4.90. The van der Waals surface area contributed by atoms with Gasteiger partial charge in [0.15, 0.2) is 13.2 Å². The van der Waals surface area contributed by atoms with Crippen LogP contribution in [-0.2, 0) is 7.05 Å². The highest BCUT2D eigenvalue weighted by atomic mass is 15.2. The van der Waals surface area contributed by atoms with Crippen LogP contribution in [0.3, 0.4) is 0 Å². The van der Waals surface area contributed by atoms with Crippen molar-refractivity contribution in [1.29, 1.82) is 0 Å². The fourth-order valence-corrected chi connectivity index (χ4v) is 1.29. The minimum atomic E-state index is 1.11.